The van der Waals surface area contributed by atoms with E-state index in [9.17, 15) is 21.6 Å². The minimum absolute atomic E-state index is 0.106. The second kappa shape index (κ2) is 9.86. The predicted molar refractivity (Wildman–Crippen MR) is 96.2 cm³/mol. The molecule has 0 aromatic carbocycles. The number of nitrogens with one attached hydrogen (secondary N) is 2. The third-order valence-corrected chi connectivity index (χ3v) is 6.60. The molecular formula is C14H27F3N4O2S2. The van der Waals surface area contributed by atoms with Gasteiger partial charge in [0, 0.05) is 31.4 Å². The van der Waals surface area contributed by atoms with E-state index < -0.39 is 15.5 Å². The first kappa shape index (κ1) is 22.4. The molecule has 0 spiro atoms. The van der Waals surface area contributed by atoms with Crippen LogP contribution in [0.1, 0.15) is 26.7 Å². The second-order valence-electron chi connectivity index (χ2n) is 5.94. The first-order chi connectivity index (χ1) is 11.6. The molecule has 0 radical (unpaired) electrons. The van der Waals surface area contributed by atoms with E-state index in [1.54, 1.807) is 11.8 Å². The molecule has 1 heterocycles. The van der Waals surface area contributed by atoms with E-state index in [-0.39, 0.29) is 19.0 Å². The van der Waals surface area contributed by atoms with Crippen molar-refractivity contribution in [1.29, 1.82) is 0 Å². The Morgan fingerprint density at radius 2 is 1.92 bits per heavy atom. The highest BCUT2D eigenvalue weighted by Crippen LogP contribution is 2.30. The molecule has 0 aromatic rings. The van der Waals surface area contributed by atoms with Crippen LogP contribution in [0.25, 0.3) is 0 Å². The molecule has 1 aliphatic rings. The van der Waals surface area contributed by atoms with Crippen LogP contribution in [0.15, 0.2) is 4.99 Å². The molecule has 1 unspecified atom stereocenters. The van der Waals surface area contributed by atoms with Crippen LogP contribution in [0.3, 0.4) is 0 Å². The first-order valence-electron chi connectivity index (χ1n) is 8.23. The Morgan fingerprint density at radius 3 is 2.40 bits per heavy atom. The SMILES string of the molecule is CCNC(=NCC(C)SC)NCC1CCN(S(=O)(=O)C(F)(F)F)CC1. The topological polar surface area (TPSA) is 73.8 Å². The van der Waals surface area contributed by atoms with Gasteiger partial charge in [-0.05, 0) is 31.9 Å². The van der Waals surface area contributed by atoms with E-state index in [1.807, 2.05) is 13.2 Å². The number of rotatable bonds is 7. The van der Waals surface area contributed by atoms with Crippen molar-refractivity contribution in [2.24, 2.45) is 10.9 Å². The zero-order chi connectivity index (χ0) is 19.1. The Kier molecular flexibility index (Phi) is 8.82. The Balaban J connectivity index is 2.50. The molecule has 1 rings (SSSR count). The fourth-order valence-electron chi connectivity index (χ4n) is 2.38. The summed E-state index contributed by atoms with van der Waals surface area (Å²) in [7, 11) is -5.21. The van der Waals surface area contributed by atoms with Crippen molar-refractivity contribution in [2.45, 2.75) is 37.4 Å². The van der Waals surface area contributed by atoms with Crippen LogP contribution in [-0.2, 0) is 10.0 Å². The maximum absolute atomic E-state index is 12.6. The largest absolute Gasteiger partial charge is 0.511 e. The number of thioether (sulfide) groups is 1. The maximum Gasteiger partial charge on any atom is 0.511 e. The van der Waals surface area contributed by atoms with Gasteiger partial charge in [0.05, 0.1) is 6.54 Å². The zero-order valence-electron chi connectivity index (χ0n) is 14.8. The Labute approximate surface area is 152 Å². The van der Waals surface area contributed by atoms with Crippen molar-refractivity contribution in [3.05, 3.63) is 0 Å². The number of halogens is 3. The number of sulfonamides is 1. The highest BCUT2D eigenvalue weighted by atomic mass is 32.2. The molecular weight excluding hydrogens is 377 g/mol. The summed E-state index contributed by atoms with van der Waals surface area (Å²) in [5.41, 5.74) is -5.23. The molecule has 0 aliphatic carbocycles. The van der Waals surface area contributed by atoms with Crippen LogP contribution in [0.4, 0.5) is 13.2 Å². The number of hydrogen-bond donors (Lipinski definition) is 2. The van der Waals surface area contributed by atoms with Crippen molar-refractivity contribution >= 4 is 27.7 Å². The number of guanidine groups is 1. The van der Waals surface area contributed by atoms with E-state index >= 15 is 0 Å². The quantitative estimate of drug-likeness (QED) is 0.501. The van der Waals surface area contributed by atoms with Crippen LogP contribution in [0.2, 0.25) is 0 Å². The molecule has 0 amide bonds. The van der Waals surface area contributed by atoms with Crippen LogP contribution in [0, 0.1) is 5.92 Å². The lowest BCUT2D eigenvalue weighted by atomic mass is 9.98. The van der Waals surface area contributed by atoms with Crippen molar-refractivity contribution in [3.8, 4) is 0 Å². The Hall–Kier alpha value is -0.680. The highest BCUT2D eigenvalue weighted by Gasteiger charge is 2.50. The average Bonchev–Trinajstić information content (AvgIpc) is 2.56. The molecule has 0 saturated carbocycles. The molecule has 1 atom stereocenters. The first-order valence-corrected chi connectivity index (χ1v) is 11.0. The van der Waals surface area contributed by atoms with Gasteiger partial charge in [-0.25, -0.2) is 8.42 Å². The Morgan fingerprint density at radius 1 is 1.32 bits per heavy atom. The molecule has 2 N–H and O–H groups in total. The summed E-state index contributed by atoms with van der Waals surface area (Å²) in [6.45, 7) is 5.75. The Bertz CT molecular complexity index is 533. The lowest BCUT2D eigenvalue weighted by Crippen LogP contribution is -2.47. The van der Waals surface area contributed by atoms with Crippen molar-refractivity contribution < 1.29 is 21.6 Å². The molecule has 0 bridgehead atoms. The molecule has 25 heavy (non-hydrogen) atoms. The summed E-state index contributed by atoms with van der Waals surface area (Å²) in [6, 6.07) is 0. The maximum atomic E-state index is 12.6. The number of aliphatic imine (C=N–C) groups is 1. The smallest absolute Gasteiger partial charge is 0.357 e. The van der Waals surface area contributed by atoms with Crippen LogP contribution in [0.5, 0.6) is 0 Å². The summed E-state index contributed by atoms with van der Waals surface area (Å²) in [5.74, 6) is 0.787. The van der Waals surface area contributed by atoms with Gasteiger partial charge < -0.3 is 10.6 Å². The third kappa shape index (κ3) is 6.86. The summed E-state index contributed by atoms with van der Waals surface area (Å²) in [5, 5.41) is 6.72. The molecule has 148 valence electrons. The van der Waals surface area contributed by atoms with Crippen LogP contribution >= 0.6 is 11.8 Å². The summed E-state index contributed by atoms with van der Waals surface area (Å²) in [6.07, 6.45) is 2.80. The van der Waals surface area contributed by atoms with Gasteiger partial charge in [0.2, 0.25) is 0 Å². The number of piperidine rings is 1. The normalized spacial score (nSPS) is 19.7. The summed E-state index contributed by atoms with van der Waals surface area (Å²) >= 11 is 1.72. The van der Waals surface area contributed by atoms with E-state index in [0.717, 1.165) is 0 Å². The van der Waals surface area contributed by atoms with Crippen LogP contribution in [-0.4, -0.2) is 68.4 Å². The number of alkyl halides is 3. The standard InChI is InChI=1S/C14H27F3N4O2S2/c1-4-18-13(19-9-11(2)24-3)20-10-12-5-7-21(8-6-12)25(22,23)14(15,16)17/h11-12H,4-10H2,1-3H3,(H2,18,19,20). The summed E-state index contributed by atoms with van der Waals surface area (Å²) in [4.78, 5) is 4.47. The molecule has 6 nitrogen and oxygen atoms in total. The average molecular weight is 405 g/mol. The second-order valence-corrected chi connectivity index (χ2v) is 9.15. The van der Waals surface area contributed by atoms with Gasteiger partial charge in [-0.3, -0.25) is 4.99 Å². The fraction of sp³-hybridized carbons (Fsp3) is 0.929. The van der Waals surface area contributed by atoms with Gasteiger partial charge in [-0.2, -0.15) is 29.2 Å². The van der Waals surface area contributed by atoms with E-state index in [2.05, 4.69) is 22.5 Å². The van der Waals surface area contributed by atoms with Crippen molar-refractivity contribution in [1.82, 2.24) is 14.9 Å². The van der Waals surface area contributed by atoms with Gasteiger partial charge in [0.25, 0.3) is 0 Å². The molecule has 0 aromatic heterocycles. The lowest BCUT2D eigenvalue weighted by molar-refractivity contribution is -0.0496. The molecule has 1 fully saturated rings. The summed E-state index contributed by atoms with van der Waals surface area (Å²) < 4.78 is 61.0. The molecule has 11 heteroatoms. The van der Waals surface area contributed by atoms with E-state index in [0.29, 0.717) is 48.0 Å². The minimum atomic E-state index is -5.23. The van der Waals surface area contributed by atoms with Gasteiger partial charge in [-0.1, -0.05) is 6.92 Å². The molecule has 1 saturated heterocycles. The van der Waals surface area contributed by atoms with Crippen LogP contribution < -0.4 is 10.6 Å². The van der Waals surface area contributed by atoms with Gasteiger partial charge in [0.1, 0.15) is 0 Å². The predicted octanol–water partition coefficient (Wildman–Crippen LogP) is 1.85. The fourth-order valence-corrected chi connectivity index (χ4v) is 3.59. The van der Waals surface area contributed by atoms with E-state index in [1.165, 1.54) is 0 Å². The van der Waals surface area contributed by atoms with Gasteiger partial charge in [-0.15, -0.1) is 0 Å². The third-order valence-electron chi connectivity index (χ3n) is 4.02. The van der Waals surface area contributed by atoms with Crippen molar-refractivity contribution in [3.63, 3.8) is 0 Å². The zero-order valence-corrected chi connectivity index (χ0v) is 16.4. The van der Waals surface area contributed by atoms with Gasteiger partial charge >= 0.3 is 15.5 Å². The minimum Gasteiger partial charge on any atom is -0.357 e. The monoisotopic (exact) mass is 404 g/mol. The van der Waals surface area contributed by atoms with Gasteiger partial charge in [0.15, 0.2) is 5.96 Å². The van der Waals surface area contributed by atoms with E-state index in [4.69, 9.17) is 0 Å². The number of nitrogens with zero attached hydrogens (tertiary/aromatic N) is 2. The van der Waals surface area contributed by atoms with Crippen molar-refractivity contribution in [2.75, 3.05) is 39.0 Å². The number of hydrogen-bond acceptors (Lipinski definition) is 4. The lowest BCUT2D eigenvalue weighted by Gasteiger charge is -2.31. The highest BCUT2D eigenvalue weighted by molar-refractivity contribution is 7.99. The molecule has 1 aliphatic heterocycles.